The standard InChI is InChI=1S/C27H34N6O7S/c1-16-6-4-5-7-21(16)30-27(37)29-19-9-8-18(28-15-19)12-24(34)33-11-10-17(2)25(33)22-13-20(40-31-22)14-23(26(35)36)32-41(3,38)39/h4-9,15,17,20,23,25,32H,10-14H2,1-3H3,(H,35,36)(H2,29,30,37). The number of aryl methyl sites for hydroxylation is 1. The van der Waals surface area contributed by atoms with Gasteiger partial charge in [-0.2, -0.15) is 0 Å². The van der Waals surface area contributed by atoms with Crippen molar-refractivity contribution in [3.63, 3.8) is 0 Å². The van der Waals surface area contributed by atoms with Crippen LogP contribution in [0.3, 0.4) is 0 Å². The number of anilines is 2. The van der Waals surface area contributed by atoms with Crippen LogP contribution in [0.15, 0.2) is 47.8 Å². The number of rotatable bonds is 10. The fourth-order valence-electron chi connectivity index (χ4n) is 5.06. The number of benzene rings is 1. The maximum atomic E-state index is 13.3. The Labute approximate surface area is 238 Å². The number of oxime groups is 1. The number of hydrogen-bond acceptors (Lipinski definition) is 8. The lowest BCUT2D eigenvalue weighted by molar-refractivity contribution is -0.140. The number of carbonyl (C=O) groups excluding carboxylic acids is 2. The predicted octanol–water partition coefficient (Wildman–Crippen LogP) is 2.35. The van der Waals surface area contributed by atoms with Crippen molar-refractivity contribution in [2.45, 2.75) is 57.7 Å². The molecular weight excluding hydrogens is 552 g/mol. The third-order valence-electron chi connectivity index (χ3n) is 7.08. The zero-order valence-electron chi connectivity index (χ0n) is 23.0. The van der Waals surface area contributed by atoms with Crippen LogP contribution in [0.4, 0.5) is 16.2 Å². The van der Waals surface area contributed by atoms with Crippen LogP contribution in [0, 0.1) is 12.8 Å². The number of carboxylic acid groups (broad SMARTS) is 1. The summed E-state index contributed by atoms with van der Waals surface area (Å²) in [6, 6.07) is 8.72. The van der Waals surface area contributed by atoms with Crippen molar-refractivity contribution in [3.8, 4) is 0 Å². The largest absolute Gasteiger partial charge is 0.480 e. The molecule has 4 unspecified atom stereocenters. The molecule has 1 aromatic carbocycles. The molecule has 1 saturated heterocycles. The quantitative estimate of drug-likeness (QED) is 0.327. The van der Waals surface area contributed by atoms with Crippen LogP contribution in [0.5, 0.6) is 0 Å². The van der Waals surface area contributed by atoms with E-state index in [1.54, 1.807) is 23.1 Å². The average molecular weight is 587 g/mol. The van der Waals surface area contributed by atoms with Gasteiger partial charge in [-0.3, -0.25) is 14.6 Å². The molecule has 14 heteroatoms. The van der Waals surface area contributed by atoms with Crippen LogP contribution >= 0.6 is 0 Å². The molecule has 1 aromatic heterocycles. The van der Waals surface area contributed by atoms with E-state index in [0.717, 1.165) is 18.2 Å². The smallest absolute Gasteiger partial charge is 0.323 e. The lowest BCUT2D eigenvalue weighted by Gasteiger charge is -2.26. The normalized spacial score (nSPS) is 21.1. The minimum atomic E-state index is -3.73. The van der Waals surface area contributed by atoms with Gasteiger partial charge in [0, 0.05) is 30.8 Å². The number of pyridine rings is 1. The number of amides is 3. The number of nitrogens with zero attached hydrogens (tertiary/aromatic N) is 3. The number of sulfonamides is 1. The first kappa shape index (κ1) is 29.9. The van der Waals surface area contributed by atoms with E-state index in [4.69, 9.17) is 4.84 Å². The first-order chi connectivity index (χ1) is 19.4. The molecule has 2 aliphatic rings. The number of urea groups is 1. The van der Waals surface area contributed by atoms with Crippen LogP contribution in [0.1, 0.15) is 37.4 Å². The van der Waals surface area contributed by atoms with E-state index in [0.29, 0.717) is 29.3 Å². The molecule has 4 atom stereocenters. The van der Waals surface area contributed by atoms with Crippen molar-refractivity contribution in [1.29, 1.82) is 0 Å². The monoisotopic (exact) mass is 586 g/mol. The number of nitrogens with one attached hydrogen (secondary N) is 3. The Kier molecular flexibility index (Phi) is 9.23. The second-order valence-electron chi connectivity index (χ2n) is 10.4. The molecule has 220 valence electrons. The van der Waals surface area contributed by atoms with Gasteiger partial charge in [0.25, 0.3) is 0 Å². The van der Waals surface area contributed by atoms with Crippen LogP contribution < -0.4 is 15.4 Å². The number of aromatic nitrogens is 1. The third-order valence-corrected chi connectivity index (χ3v) is 7.79. The number of para-hydroxylation sites is 1. The summed E-state index contributed by atoms with van der Waals surface area (Å²) >= 11 is 0. The molecule has 0 spiro atoms. The molecule has 0 radical (unpaired) electrons. The molecule has 4 rings (SSSR count). The van der Waals surface area contributed by atoms with Gasteiger partial charge < -0.3 is 25.5 Å². The second kappa shape index (κ2) is 12.6. The molecule has 13 nitrogen and oxygen atoms in total. The van der Waals surface area contributed by atoms with Gasteiger partial charge in [-0.25, -0.2) is 17.9 Å². The highest BCUT2D eigenvalue weighted by molar-refractivity contribution is 7.88. The topological polar surface area (TPSA) is 179 Å². The van der Waals surface area contributed by atoms with Gasteiger partial charge in [-0.1, -0.05) is 30.3 Å². The van der Waals surface area contributed by atoms with Crippen molar-refractivity contribution in [2.24, 2.45) is 11.1 Å². The lowest BCUT2D eigenvalue weighted by Crippen LogP contribution is -2.44. The first-order valence-corrected chi connectivity index (χ1v) is 15.1. The van der Waals surface area contributed by atoms with Crippen LogP contribution in [0.25, 0.3) is 0 Å². The fourth-order valence-corrected chi connectivity index (χ4v) is 5.78. The Balaban J connectivity index is 1.33. The fraction of sp³-hybridized carbons (Fsp3) is 0.444. The average Bonchev–Trinajstić information content (AvgIpc) is 3.51. The summed E-state index contributed by atoms with van der Waals surface area (Å²) in [4.78, 5) is 48.7. The molecule has 41 heavy (non-hydrogen) atoms. The number of carboxylic acids is 1. The maximum Gasteiger partial charge on any atom is 0.323 e. The second-order valence-corrected chi connectivity index (χ2v) is 12.2. The molecule has 2 aliphatic heterocycles. The Morgan fingerprint density at radius 2 is 1.93 bits per heavy atom. The summed E-state index contributed by atoms with van der Waals surface area (Å²) in [6.07, 6.45) is 2.76. The van der Waals surface area contributed by atoms with E-state index in [-0.39, 0.29) is 37.1 Å². The van der Waals surface area contributed by atoms with Gasteiger partial charge in [0.1, 0.15) is 12.1 Å². The highest BCUT2D eigenvalue weighted by Crippen LogP contribution is 2.31. The Morgan fingerprint density at radius 3 is 2.59 bits per heavy atom. The van der Waals surface area contributed by atoms with Crippen molar-refractivity contribution in [1.82, 2.24) is 14.6 Å². The van der Waals surface area contributed by atoms with Crippen molar-refractivity contribution in [2.75, 3.05) is 23.4 Å². The minimum absolute atomic E-state index is 0.0514. The summed E-state index contributed by atoms with van der Waals surface area (Å²) < 4.78 is 25.2. The zero-order valence-corrected chi connectivity index (χ0v) is 23.8. The molecule has 2 aromatic rings. The first-order valence-electron chi connectivity index (χ1n) is 13.2. The Hall–Kier alpha value is -4.04. The van der Waals surface area contributed by atoms with E-state index in [2.05, 4.69) is 25.5 Å². The Bertz CT molecular complexity index is 1430. The zero-order chi connectivity index (χ0) is 29.7. The SMILES string of the molecule is Cc1ccccc1NC(=O)Nc1ccc(CC(=O)N2CCC(C)C2C2=NOC(CC(NS(C)(=O)=O)C(=O)O)C2)nc1. The van der Waals surface area contributed by atoms with E-state index >= 15 is 0 Å². The van der Waals surface area contributed by atoms with Crippen molar-refractivity contribution < 1.29 is 32.7 Å². The van der Waals surface area contributed by atoms with E-state index in [1.165, 1.54) is 6.20 Å². The van der Waals surface area contributed by atoms with Crippen LogP contribution in [-0.2, 0) is 30.9 Å². The molecule has 1 fully saturated rings. The van der Waals surface area contributed by atoms with Crippen LogP contribution in [0.2, 0.25) is 0 Å². The number of carbonyl (C=O) groups is 3. The summed E-state index contributed by atoms with van der Waals surface area (Å²) in [5.41, 5.74) is 3.28. The summed E-state index contributed by atoms with van der Waals surface area (Å²) in [6.45, 7) is 4.44. The van der Waals surface area contributed by atoms with Gasteiger partial charge in [0.15, 0.2) is 0 Å². The number of likely N-dealkylation sites (tertiary alicyclic amines) is 1. The lowest BCUT2D eigenvalue weighted by atomic mass is 9.93. The van der Waals surface area contributed by atoms with Gasteiger partial charge >= 0.3 is 12.0 Å². The summed E-state index contributed by atoms with van der Waals surface area (Å²) in [5.74, 6) is -1.34. The van der Waals surface area contributed by atoms with Crippen LogP contribution in [-0.4, -0.2) is 78.0 Å². The summed E-state index contributed by atoms with van der Waals surface area (Å²) in [5, 5.41) is 19.1. The van der Waals surface area contributed by atoms with E-state index < -0.39 is 34.2 Å². The molecule has 0 aliphatic carbocycles. The maximum absolute atomic E-state index is 13.3. The van der Waals surface area contributed by atoms with Gasteiger partial charge in [-0.15, -0.1) is 0 Å². The molecule has 4 N–H and O–H groups in total. The molecule has 3 amide bonds. The number of aliphatic carboxylic acids is 1. The molecule has 0 saturated carbocycles. The van der Waals surface area contributed by atoms with Crippen molar-refractivity contribution >= 4 is 45.0 Å². The predicted molar refractivity (Wildman–Crippen MR) is 152 cm³/mol. The van der Waals surface area contributed by atoms with Gasteiger partial charge in [0.2, 0.25) is 15.9 Å². The highest BCUT2D eigenvalue weighted by atomic mass is 32.2. The molecule has 0 bridgehead atoms. The minimum Gasteiger partial charge on any atom is -0.480 e. The number of hydrogen-bond donors (Lipinski definition) is 4. The summed E-state index contributed by atoms with van der Waals surface area (Å²) in [7, 11) is -3.73. The van der Waals surface area contributed by atoms with Gasteiger partial charge in [0.05, 0.1) is 36.3 Å². The molecule has 3 heterocycles. The van der Waals surface area contributed by atoms with E-state index in [9.17, 15) is 27.9 Å². The van der Waals surface area contributed by atoms with Gasteiger partial charge in [-0.05, 0) is 43.0 Å². The van der Waals surface area contributed by atoms with E-state index in [1.807, 2.05) is 32.0 Å². The highest BCUT2D eigenvalue weighted by Gasteiger charge is 2.41. The molecular formula is C27H34N6O7S. The third kappa shape index (κ3) is 8.01. The van der Waals surface area contributed by atoms with Crippen molar-refractivity contribution in [3.05, 3.63) is 53.9 Å². The Morgan fingerprint density at radius 1 is 1.17 bits per heavy atom.